The Hall–Kier alpha value is 0.900. The van der Waals surface area contributed by atoms with Gasteiger partial charge >= 0.3 is 0 Å². The summed E-state index contributed by atoms with van der Waals surface area (Å²) in [4.78, 5) is 0. The van der Waals surface area contributed by atoms with Crippen molar-refractivity contribution in [3.8, 4) is 0 Å². The molecule has 5 heteroatoms. The Balaban J connectivity index is 1.36. The van der Waals surface area contributed by atoms with Gasteiger partial charge in [-0.3, -0.25) is 0 Å². The number of rotatable bonds is 8. The summed E-state index contributed by atoms with van der Waals surface area (Å²) in [6, 6.07) is 9.96. The first-order chi connectivity index (χ1) is 17.9. The molecule has 4 aliphatic heterocycles. The highest BCUT2D eigenvalue weighted by Crippen LogP contribution is 2.72. The van der Waals surface area contributed by atoms with Crippen LogP contribution in [0.4, 0.5) is 0 Å². The molecule has 5 rings (SSSR count). The molecule has 37 heavy (non-hydrogen) atoms. The van der Waals surface area contributed by atoms with Crippen molar-refractivity contribution in [1.82, 2.24) is 0 Å². The second-order valence-electron chi connectivity index (χ2n) is 12.8. The highest BCUT2D eigenvalue weighted by molar-refractivity contribution is 7.73. The molecule has 208 valence electrons. The van der Waals surface area contributed by atoms with Gasteiger partial charge in [0.15, 0.2) is 0 Å². The summed E-state index contributed by atoms with van der Waals surface area (Å²) in [6.45, 7) is 17.6. The van der Waals surface area contributed by atoms with Crippen molar-refractivity contribution < 1.29 is 4.31 Å². The average Bonchev–Trinajstić information content (AvgIpc) is 3.66. The lowest BCUT2D eigenvalue weighted by molar-refractivity contribution is 0.314. The molecule has 0 radical (unpaired) electrons. The maximum atomic E-state index is 7.16. The van der Waals surface area contributed by atoms with Gasteiger partial charge in [-0.15, -0.1) is 0 Å². The van der Waals surface area contributed by atoms with Gasteiger partial charge in [0, 0.05) is 38.9 Å². The smallest absolute Gasteiger partial charge is 0.0401 e. The van der Waals surface area contributed by atoms with Crippen LogP contribution in [0.3, 0.4) is 0 Å². The van der Waals surface area contributed by atoms with E-state index in [0.717, 1.165) is 51.4 Å². The topological polar surface area (TPSA) is 9.23 Å². The summed E-state index contributed by atoms with van der Waals surface area (Å²) in [5.41, 5.74) is 6.10. The van der Waals surface area contributed by atoms with Gasteiger partial charge in [-0.2, -0.15) is 0 Å². The van der Waals surface area contributed by atoms with Crippen LogP contribution in [0.1, 0.15) is 106 Å². The van der Waals surface area contributed by atoms with E-state index in [4.69, 9.17) is 4.31 Å². The summed E-state index contributed by atoms with van der Waals surface area (Å²) < 4.78 is 7.16. The van der Waals surface area contributed by atoms with Gasteiger partial charge in [-0.25, -0.2) is 0 Å². The Labute approximate surface area is 234 Å². The molecule has 1 nitrogen and oxygen atoms in total. The van der Waals surface area contributed by atoms with Crippen LogP contribution in [-0.2, 0) is 4.31 Å². The molecule has 0 spiro atoms. The monoisotopic (exact) mass is 578 g/mol. The van der Waals surface area contributed by atoms with Gasteiger partial charge in [-0.1, -0.05) is 88.6 Å². The SMILES string of the molecule is CC[C@@H]1CC[C@@H](CC)P1c1ccccc1P1CCC(C2C[C@@H](C)P(OP3[C@H](C)CC[C@H]3C)[C@@H]2C)[C@H]1CC. The zero-order valence-corrected chi connectivity index (χ0v) is 28.4. The Bertz CT molecular complexity index is 871. The first-order valence-electron chi connectivity index (χ1n) is 15.8. The molecule has 0 aliphatic carbocycles. The molecule has 4 fully saturated rings. The van der Waals surface area contributed by atoms with Gasteiger partial charge in [0.25, 0.3) is 0 Å². The minimum Gasteiger partial charge on any atom is -0.336 e. The van der Waals surface area contributed by atoms with Gasteiger partial charge in [0.05, 0.1) is 0 Å². The van der Waals surface area contributed by atoms with Crippen LogP contribution in [-0.4, -0.2) is 45.8 Å². The fraction of sp³-hybridized carbons (Fsp3) is 0.812. The predicted octanol–water partition coefficient (Wildman–Crippen LogP) is 10.2. The number of benzene rings is 1. The molecule has 4 heterocycles. The Morgan fingerprint density at radius 3 is 1.92 bits per heavy atom. The van der Waals surface area contributed by atoms with E-state index in [1.807, 2.05) is 10.6 Å². The summed E-state index contributed by atoms with van der Waals surface area (Å²) >= 11 is 0. The second-order valence-corrected chi connectivity index (χ2v) is 23.6. The van der Waals surface area contributed by atoms with E-state index >= 15 is 0 Å². The van der Waals surface area contributed by atoms with Crippen molar-refractivity contribution >= 4 is 42.7 Å². The first-order valence-corrected chi connectivity index (χ1v) is 21.6. The van der Waals surface area contributed by atoms with Crippen LogP contribution in [0.25, 0.3) is 0 Å². The molecule has 1 aromatic carbocycles. The molecule has 4 saturated heterocycles. The van der Waals surface area contributed by atoms with E-state index in [2.05, 4.69) is 72.7 Å². The molecule has 4 aliphatic rings. The molecule has 4 unspecified atom stereocenters. The molecular formula is C32H54OP4. The highest BCUT2D eigenvalue weighted by Gasteiger charge is 2.50. The molecule has 0 aromatic heterocycles. The Kier molecular flexibility index (Phi) is 10.2. The molecule has 11 atom stereocenters. The van der Waals surface area contributed by atoms with Gasteiger partial charge in [-0.05, 0) is 103 Å². The van der Waals surface area contributed by atoms with E-state index in [9.17, 15) is 0 Å². The zero-order chi connectivity index (χ0) is 26.3. The summed E-state index contributed by atoms with van der Waals surface area (Å²) in [6.07, 6.45) is 14.3. The fourth-order valence-electron chi connectivity index (χ4n) is 8.69. The molecule has 0 N–H and O–H groups in total. The molecule has 0 bridgehead atoms. The lowest BCUT2D eigenvalue weighted by Gasteiger charge is -2.35. The first kappa shape index (κ1) is 29.4. The van der Waals surface area contributed by atoms with E-state index < -0.39 is 0 Å². The summed E-state index contributed by atoms with van der Waals surface area (Å²) in [5.74, 6) is 1.84. The van der Waals surface area contributed by atoms with Crippen molar-refractivity contribution in [2.75, 3.05) is 6.16 Å². The maximum absolute atomic E-state index is 7.16. The summed E-state index contributed by atoms with van der Waals surface area (Å²) in [5, 5.41) is 3.70. The predicted molar refractivity (Wildman–Crippen MR) is 174 cm³/mol. The molecule has 0 amide bonds. The fourth-order valence-corrected chi connectivity index (χ4v) is 23.5. The zero-order valence-electron chi connectivity index (χ0n) is 24.8. The van der Waals surface area contributed by atoms with Gasteiger partial charge in [0.1, 0.15) is 0 Å². The van der Waals surface area contributed by atoms with Crippen LogP contribution >= 0.6 is 32.1 Å². The number of hydrogen-bond acceptors (Lipinski definition) is 1. The van der Waals surface area contributed by atoms with Crippen molar-refractivity contribution in [3.63, 3.8) is 0 Å². The Morgan fingerprint density at radius 1 is 0.703 bits per heavy atom. The molecule has 0 saturated carbocycles. The minimum atomic E-state index is -0.271. The maximum Gasteiger partial charge on any atom is 0.0401 e. The third-order valence-electron chi connectivity index (χ3n) is 10.7. The molecular weight excluding hydrogens is 524 g/mol. The molecule has 1 aromatic rings. The largest absolute Gasteiger partial charge is 0.336 e. The number of hydrogen-bond donors (Lipinski definition) is 0. The highest BCUT2D eigenvalue weighted by atomic mass is 31.2. The average molecular weight is 579 g/mol. The van der Waals surface area contributed by atoms with Crippen LogP contribution in [0.15, 0.2) is 24.3 Å². The normalized spacial score (nSPS) is 43.3. The van der Waals surface area contributed by atoms with Crippen LogP contribution < -0.4 is 10.6 Å². The van der Waals surface area contributed by atoms with Crippen molar-refractivity contribution in [2.24, 2.45) is 11.8 Å². The van der Waals surface area contributed by atoms with E-state index in [0.29, 0.717) is 0 Å². The van der Waals surface area contributed by atoms with E-state index in [1.165, 1.54) is 63.9 Å². The van der Waals surface area contributed by atoms with Crippen LogP contribution in [0.2, 0.25) is 0 Å². The van der Waals surface area contributed by atoms with E-state index in [-0.39, 0.29) is 32.1 Å². The van der Waals surface area contributed by atoms with Crippen molar-refractivity contribution in [3.05, 3.63) is 24.3 Å². The standard InChI is InChI=1S/C32H54OP4/c1-8-26-17-18-27(9-2)35(26)32-14-12-11-13-31(32)34-20-19-28(30(34)10-3)29-21-24(6)37(25(29)7)33-36-22(4)15-16-23(36)5/h11-14,22-30H,8-10,15-21H2,1-7H3/t22-,23-,24-,25-,26-,27-,28?,29?,30-,34?,37?/m1/s1. The van der Waals surface area contributed by atoms with Crippen LogP contribution in [0, 0.1) is 11.8 Å². The van der Waals surface area contributed by atoms with Crippen molar-refractivity contribution in [2.45, 2.75) is 146 Å². The lowest BCUT2D eigenvalue weighted by Crippen LogP contribution is -2.31. The lowest BCUT2D eigenvalue weighted by atomic mass is 9.82. The third kappa shape index (κ3) is 5.69. The quantitative estimate of drug-likeness (QED) is 0.279. The van der Waals surface area contributed by atoms with Gasteiger partial charge < -0.3 is 4.31 Å². The van der Waals surface area contributed by atoms with Crippen LogP contribution in [0.5, 0.6) is 0 Å². The van der Waals surface area contributed by atoms with Crippen molar-refractivity contribution in [1.29, 1.82) is 0 Å². The van der Waals surface area contributed by atoms with Gasteiger partial charge in [0.2, 0.25) is 0 Å². The van der Waals surface area contributed by atoms with E-state index in [1.54, 1.807) is 0 Å². The second kappa shape index (κ2) is 12.8. The Morgan fingerprint density at radius 2 is 1.32 bits per heavy atom. The summed E-state index contributed by atoms with van der Waals surface area (Å²) in [7, 11) is -0.504. The minimum absolute atomic E-state index is 0.00884. The third-order valence-corrected chi connectivity index (χ3v) is 24.0.